The number of hydrogen-bond acceptors (Lipinski definition) is 3. The predicted octanol–water partition coefficient (Wildman–Crippen LogP) is 4.64. The Morgan fingerprint density at radius 3 is 1.96 bits per heavy atom. The number of aliphatic hydroxyl groups excluding tert-OH is 1. The van der Waals surface area contributed by atoms with Crippen LogP contribution < -0.4 is 9.47 Å². The first kappa shape index (κ1) is 20.5. The Balaban J connectivity index is 2.04. The molecule has 6 heteroatoms. The minimum atomic E-state index is -1.69. The van der Waals surface area contributed by atoms with E-state index in [0.29, 0.717) is 35.1 Å². The van der Waals surface area contributed by atoms with Gasteiger partial charge in [-0.25, -0.2) is 8.78 Å². The molecule has 0 fully saturated rings. The summed E-state index contributed by atoms with van der Waals surface area (Å²) in [6.45, 7) is 0.994. The van der Waals surface area contributed by atoms with E-state index in [0.717, 1.165) is 6.42 Å². The first-order chi connectivity index (χ1) is 12.5. The number of ether oxygens (including phenoxy) is 2. The Bertz CT molecular complexity index is 660. The van der Waals surface area contributed by atoms with Gasteiger partial charge < -0.3 is 14.6 Å². The third kappa shape index (κ3) is 5.58. The summed E-state index contributed by atoms with van der Waals surface area (Å²) in [7, 11) is 0. The van der Waals surface area contributed by atoms with Crippen molar-refractivity contribution in [1.82, 2.24) is 0 Å². The molecule has 0 radical (unpaired) electrons. The molecule has 0 aliphatic rings. The number of halogens is 3. The molecule has 2 aromatic carbocycles. The van der Waals surface area contributed by atoms with Crippen LogP contribution in [0.5, 0.6) is 11.5 Å². The zero-order chi connectivity index (χ0) is 19.0. The number of aliphatic hydroxyl groups is 1. The van der Waals surface area contributed by atoms with Crippen molar-refractivity contribution in [1.29, 1.82) is 0 Å². The van der Waals surface area contributed by atoms with Gasteiger partial charge in [0.2, 0.25) is 0 Å². The van der Waals surface area contributed by atoms with E-state index in [9.17, 15) is 4.39 Å². The maximum Gasteiger partial charge on any atom is 0.158 e. The summed E-state index contributed by atoms with van der Waals surface area (Å²) in [5.74, 6) is 1.65. The summed E-state index contributed by atoms with van der Waals surface area (Å²) in [5, 5.41) is 9.17. The molecule has 142 valence electrons. The van der Waals surface area contributed by atoms with E-state index in [-0.39, 0.29) is 6.61 Å². The van der Waals surface area contributed by atoms with Crippen LogP contribution in [0.1, 0.15) is 24.5 Å². The standard InChI is InChI=1S/C20H23ClF2O3/c1-20(23,15-3-7-18(8-4-15)25-12-2-11-21)16-5-9-19(10-6-16)26-14-17(24)13-22/h3-10,17,24H,2,11-14H2,1H3. The highest BCUT2D eigenvalue weighted by atomic mass is 35.5. The van der Waals surface area contributed by atoms with Crippen molar-refractivity contribution in [2.24, 2.45) is 0 Å². The fraction of sp³-hybridized carbons (Fsp3) is 0.400. The summed E-state index contributed by atoms with van der Waals surface area (Å²) in [4.78, 5) is 0. The van der Waals surface area contributed by atoms with Crippen LogP contribution >= 0.6 is 11.6 Å². The molecule has 26 heavy (non-hydrogen) atoms. The quantitative estimate of drug-likeness (QED) is 0.479. The molecule has 0 aromatic heterocycles. The van der Waals surface area contributed by atoms with E-state index in [1.807, 2.05) is 0 Å². The molecule has 0 bridgehead atoms. The average molecular weight is 385 g/mol. The van der Waals surface area contributed by atoms with Gasteiger partial charge in [0.05, 0.1) is 6.61 Å². The van der Waals surface area contributed by atoms with Gasteiger partial charge in [0.25, 0.3) is 0 Å². The van der Waals surface area contributed by atoms with Crippen molar-refractivity contribution in [3.8, 4) is 11.5 Å². The van der Waals surface area contributed by atoms with Gasteiger partial charge in [-0.05, 0) is 48.7 Å². The summed E-state index contributed by atoms with van der Waals surface area (Å²) < 4.78 is 38.3. The lowest BCUT2D eigenvalue weighted by Gasteiger charge is -2.22. The SMILES string of the molecule is CC(F)(c1ccc(OCCCCl)cc1)c1ccc(OCC(O)CF)cc1. The second-order valence-electron chi connectivity index (χ2n) is 6.06. The van der Waals surface area contributed by atoms with Crippen molar-refractivity contribution >= 4 is 11.6 Å². The molecule has 2 unspecified atom stereocenters. The van der Waals surface area contributed by atoms with Gasteiger partial charge in [-0.3, -0.25) is 0 Å². The number of benzene rings is 2. The Morgan fingerprint density at radius 2 is 1.50 bits per heavy atom. The van der Waals surface area contributed by atoms with Crippen LogP contribution in [0.15, 0.2) is 48.5 Å². The largest absolute Gasteiger partial charge is 0.494 e. The van der Waals surface area contributed by atoms with Crippen LogP contribution in [-0.4, -0.2) is 37.0 Å². The molecule has 0 heterocycles. The third-order valence-electron chi connectivity index (χ3n) is 3.96. The molecular weight excluding hydrogens is 362 g/mol. The maximum absolute atomic E-state index is 15.3. The molecule has 0 aliphatic carbocycles. The van der Waals surface area contributed by atoms with Crippen LogP contribution in [0.25, 0.3) is 0 Å². The second-order valence-corrected chi connectivity index (χ2v) is 6.44. The molecule has 0 spiro atoms. The summed E-state index contributed by atoms with van der Waals surface area (Å²) >= 11 is 5.61. The smallest absolute Gasteiger partial charge is 0.158 e. The van der Waals surface area contributed by atoms with E-state index in [2.05, 4.69) is 0 Å². The highest BCUT2D eigenvalue weighted by Gasteiger charge is 2.28. The Hall–Kier alpha value is -1.85. The Kier molecular flexibility index (Phi) is 7.66. The molecule has 2 atom stereocenters. The van der Waals surface area contributed by atoms with Gasteiger partial charge in [-0.2, -0.15) is 0 Å². The minimum Gasteiger partial charge on any atom is -0.494 e. The van der Waals surface area contributed by atoms with Crippen molar-refractivity contribution < 1.29 is 23.4 Å². The molecule has 2 aromatic rings. The zero-order valence-electron chi connectivity index (χ0n) is 14.6. The molecular formula is C20H23ClF2O3. The van der Waals surface area contributed by atoms with Crippen molar-refractivity contribution in [2.75, 3.05) is 25.8 Å². The van der Waals surface area contributed by atoms with E-state index >= 15 is 4.39 Å². The lowest BCUT2D eigenvalue weighted by molar-refractivity contribution is 0.0841. The average Bonchev–Trinajstić information content (AvgIpc) is 2.67. The summed E-state index contributed by atoms with van der Waals surface area (Å²) in [6, 6.07) is 13.3. The lowest BCUT2D eigenvalue weighted by atomic mass is 9.90. The molecule has 0 aliphatic heterocycles. The zero-order valence-corrected chi connectivity index (χ0v) is 15.4. The van der Waals surface area contributed by atoms with Gasteiger partial charge in [0.15, 0.2) is 5.67 Å². The highest BCUT2D eigenvalue weighted by molar-refractivity contribution is 6.17. The maximum atomic E-state index is 15.3. The predicted molar refractivity (Wildman–Crippen MR) is 98.8 cm³/mol. The van der Waals surface area contributed by atoms with E-state index < -0.39 is 18.4 Å². The molecule has 0 saturated carbocycles. The van der Waals surface area contributed by atoms with Crippen molar-refractivity contribution in [2.45, 2.75) is 25.1 Å². The van der Waals surface area contributed by atoms with Gasteiger partial charge in [0, 0.05) is 5.88 Å². The first-order valence-electron chi connectivity index (χ1n) is 8.43. The Morgan fingerprint density at radius 1 is 1.00 bits per heavy atom. The molecule has 3 nitrogen and oxygen atoms in total. The minimum absolute atomic E-state index is 0.145. The lowest BCUT2D eigenvalue weighted by Crippen LogP contribution is -2.19. The van der Waals surface area contributed by atoms with Gasteiger partial charge in [-0.1, -0.05) is 24.3 Å². The van der Waals surface area contributed by atoms with E-state index in [1.165, 1.54) is 6.92 Å². The van der Waals surface area contributed by atoms with Crippen LogP contribution in [0.3, 0.4) is 0 Å². The summed E-state index contributed by atoms with van der Waals surface area (Å²) in [5.41, 5.74) is -0.721. The fourth-order valence-corrected chi connectivity index (χ4v) is 2.49. The van der Waals surface area contributed by atoms with Crippen molar-refractivity contribution in [3.05, 3.63) is 59.7 Å². The molecule has 0 amide bonds. The van der Waals surface area contributed by atoms with Crippen LogP contribution in [0.4, 0.5) is 8.78 Å². The normalized spacial score (nSPS) is 14.5. The monoisotopic (exact) mass is 384 g/mol. The fourth-order valence-electron chi connectivity index (χ4n) is 2.38. The Labute approximate surface area is 157 Å². The molecule has 1 N–H and O–H groups in total. The van der Waals surface area contributed by atoms with Crippen LogP contribution in [0.2, 0.25) is 0 Å². The van der Waals surface area contributed by atoms with E-state index in [1.54, 1.807) is 48.5 Å². The van der Waals surface area contributed by atoms with E-state index in [4.69, 9.17) is 26.2 Å². The van der Waals surface area contributed by atoms with Gasteiger partial charge >= 0.3 is 0 Å². The van der Waals surface area contributed by atoms with Crippen molar-refractivity contribution in [3.63, 3.8) is 0 Å². The highest BCUT2D eigenvalue weighted by Crippen LogP contribution is 2.35. The number of rotatable bonds is 10. The number of hydrogen-bond donors (Lipinski definition) is 1. The van der Waals surface area contributed by atoms with Crippen LogP contribution in [0, 0.1) is 0 Å². The first-order valence-corrected chi connectivity index (χ1v) is 8.96. The molecule has 2 rings (SSSR count). The van der Waals surface area contributed by atoms with Crippen LogP contribution in [-0.2, 0) is 5.67 Å². The van der Waals surface area contributed by atoms with Gasteiger partial charge in [-0.15, -0.1) is 11.6 Å². The topological polar surface area (TPSA) is 38.7 Å². The second kappa shape index (κ2) is 9.74. The number of alkyl halides is 3. The van der Waals surface area contributed by atoms with Gasteiger partial charge in [0.1, 0.15) is 30.9 Å². The third-order valence-corrected chi connectivity index (χ3v) is 4.23. The molecule has 0 saturated heterocycles. The summed E-state index contributed by atoms with van der Waals surface area (Å²) in [6.07, 6.45) is -0.410.